The summed E-state index contributed by atoms with van der Waals surface area (Å²) in [6.45, 7) is 0.310. The third kappa shape index (κ3) is 15.6. The number of guanidine groups is 1. The number of hydrogen-bond donors (Lipinski definition) is 8. The number of amides is 5. The number of carbonyl (C=O) groups excluding carboxylic acids is 5. The van der Waals surface area contributed by atoms with E-state index >= 15 is 0 Å². The van der Waals surface area contributed by atoms with Crippen LogP contribution in [0.4, 0.5) is 13.2 Å². The van der Waals surface area contributed by atoms with Crippen LogP contribution in [0.5, 0.6) is 0 Å². The maximum absolute atomic E-state index is 14.5. The molecule has 4 aromatic rings. The number of carboxylic acids is 2. The SMILES string of the molecule is NC(N)=NCCC[C@H](NC(=O)[C@@H]1CC(Cc2ccccc2)[C@@H]2CCC(NC(=O)c3ccccc3)C(=O)N12)C(=O)N[C@@H](CC(=O)O)C(=O)NCCC(c1ccccc1)c1ccccc1.O=C(O)C(F)(F)F. The summed E-state index contributed by atoms with van der Waals surface area (Å²) in [6.07, 6.45) is -3.19. The smallest absolute Gasteiger partial charge is 0.481 e. The van der Waals surface area contributed by atoms with Crippen LogP contribution in [0, 0.1) is 5.92 Å². The number of piperidine rings is 1. The van der Waals surface area contributed by atoms with E-state index in [0.717, 1.165) is 16.7 Å². The first kappa shape index (κ1) is 53.2. The lowest BCUT2D eigenvalue weighted by atomic mass is 9.86. The Hall–Kier alpha value is -7.77. The molecule has 2 aliphatic heterocycles. The maximum atomic E-state index is 14.5. The molecule has 0 aliphatic carbocycles. The molecule has 0 radical (unpaired) electrons. The molecule has 6 atom stereocenters. The normalized spacial score (nSPS) is 18.2. The summed E-state index contributed by atoms with van der Waals surface area (Å²) in [5.41, 5.74) is 14.6. The third-order valence-electron chi connectivity index (χ3n) is 12.0. The standard InChI is InChI=1S/C48H56N8O7.C2HF3O2/c49-48(50)52-26-13-22-37(45(61)55-39(30-42(57)58)44(60)51-27-25-36(32-16-7-2-8-17-32)33-18-9-3-10-19-33)53-46(62)41-29-35(28-31-14-5-1-6-15-31)40-24-23-38(47(63)56(40)41)54-43(59)34-20-11-4-12-21-34;3-2(4,5)1(6)7/h1-12,14-21,35-41H,13,22-30H2,(H,51,60)(H,53,62)(H,54,59)(H,55,61)(H,57,58)(H4,49,50,52);(H,6,7)/t35?,37-,38?,39-,40-,41-;/m0./s1. The fourth-order valence-corrected chi connectivity index (χ4v) is 8.74. The summed E-state index contributed by atoms with van der Waals surface area (Å²) in [7, 11) is 0. The van der Waals surface area contributed by atoms with E-state index in [2.05, 4.69) is 26.3 Å². The van der Waals surface area contributed by atoms with Crippen molar-refractivity contribution in [3.63, 3.8) is 0 Å². The molecule has 17 nitrogen and oxygen atoms in total. The number of nitrogens with one attached hydrogen (secondary N) is 4. The van der Waals surface area contributed by atoms with Crippen molar-refractivity contribution in [2.75, 3.05) is 13.1 Å². The second-order valence-electron chi connectivity index (χ2n) is 16.9. The van der Waals surface area contributed by atoms with Gasteiger partial charge < -0.3 is 47.8 Å². The molecular formula is C50H57F3N8O9. The van der Waals surface area contributed by atoms with Gasteiger partial charge in [0.15, 0.2) is 5.96 Å². The van der Waals surface area contributed by atoms with Crippen molar-refractivity contribution < 1.29 is 56.9 Å². The topological polar surface area (TPSA) is 276 Å². The van der Waals surface area contributed by atoms with E-state index in [1.807, 2.05) is 91.0 Å². The van der Waals surface area contributed by atoms with Crippen molar-refractivity contribution >= 4 is 47.4 Å². The van der Waals surface area contributed by atoms with E-state index < -0.39 is 72.3 Å². The lowest BCUT2D eigenvalue weighted by Gasteiger charge is -2.39. The molecule has 4 aromatic carbocycles. The predicted octanol–water partition coefficient (Wildman–Crippen LogP) is 3.88. The number of benzene rings is 4. The minimum atomic E-state index is -5.08. The van der Waals surface area contributed by atoms with Gasteiger partial charge in [0.1, 0.15) is 24.2 Å². The summed E-state index contributed by atoms with van der Waals surface area (Å²) in [4.78, 5) is 96.2. The molecule has 10 N–H and O–H groups in total. The number of halogens is 3. The number of nitrogens with two attached hydrogens (primary N) is 2. The van der Waals surface area contributed by atoms with Gasteiger partial charge in [-0.05, 0) is 79.7 Å². The monoisotopic (exact) mass is 970 g/mol. The molecular weight excluding hydrogens is 914 g/mol. The predicted molar refractivity (Wildman–Crippen MR) is 252 cm³/mol. The van der Waals surface area contributed by atoms with Crippen LogP contribution in [0.1, 0.15) is 77.9 Å². The van der Waals surface area contributed by atoms with E-state index in [1.165, 1.54) is 0 Å². The Balaban J connectivity index is 0.00000121. The first-order valence-corrected chi connectivity index (χ1v) is 22.7. The van der Waals surface area contributed by atoms with Gasteiger partial charge in [-0.25, -0.2) is 4.79 Å². The van der Waals surface area contributed by atoms with Crippen molar-refractivity contribution in [2.45, 2.75) is 93.7 Å². The number of alkyl halides is 3. The average Bonchev–Trinajstić information content (AvgIpc) is 3.71. The van der Waals surface area contributed by atoms with Crippen molar-refractivity contribution in [2.24, 2.45) is 22.4 Å². The van der Waals surface area contributed by atoms with E-state index in [0.29, 0.717) is 37.7 Å². The molecule has 2 unspecified atom stereocenters. The molecule has 372 valence electrons. The molecule has 2 heterocycles. The van der Waals surface area contributed by atoms with E-state index in [9.17, 15) is 47.0 Å². The number of nitrogens with zero attached hydrogens (tertiary/aromatic N) is 2. The van der Waals surface area contributed by atoms with E-state index in [1.54, 1.807) is 35.2 Å². The van der Waals surface area contributed by atoms with Crippen molar-refractivity contribution in [1.29, 1.82) is 0 Å². The first-order chi connectivity index (χ1) is 33.4. The van der Waals surface area contributed by atoms with Gasteiger partial charge >= 0.3 is 18.1 Å². The molecule has 0 bridgehead atoms. The molecule has 2 fully saturated rings. The van der Waals surface area contributed by atoms with Crippen LogP contribution in [0.3, 0.4) is 0 Å². The highest BCUT2D eigenvalue weighted by Gasteiger charge is 2.51. The molecule has 0 saturated carbocycles. The number of hydrogen-bond acceptors (Lipinski definition) is 8. The fourth-order valence-electron chi connectivity index (χ4n) is 8.74. The summed E-state index contributed by atoms with van der Waals surface area (Å²) in [6, 6.07) is 33.1. The second kappa shape index (κ2) is 25.6. The van der Waals surface area contributed by atoms with Crippen molar-refractivity contribution in [1.82, 2.24) is 26.2 Å². The molecule has 5 amide bonds. The van der Waals surface area contributed by atoms with Gasteiger partial charge in [0.05, 0.1) is 6.42 Å². The van der Waals surface area contributed by atoms with Gasteiger partial charge in [-0.2, -0.15) is 13.2 Å². The molecule has 0 aromatic heterocycles. The fraction of sp³-hybridized carbons (Fsp3) is 0.360. The van der Waals surface area contributed by atoms with Gasteiger partial charge in [-0.15, -0.1) is 0 Å². The molecule has 0 spiro atoms. The minimum absolute atomic E-state index is 0.0267. The first-order valence-electron chi connectivity index (χ1n) is 22.7. The molecule has 2 saturated heterocycles. The number of aliphatic carboxylic acids is 2. The van der Waals surface area contributed by atoms with E-state index in [4.69, 9.17) is 21.4 Å². The second-order valence-corrected chi connectivity index (χ2v) is 16.9. The Morgan fingerprint density at radius 2 is 1.30 bits per heavy atom. The Kier molecular flexibility index (Phi) is 19.4. The third-order valence-corrected chi connectivity index (χ3v) is 12.0. The van der Waals surface area contributed by atoms with Crippen LogP contribution < -0.4 is 32.7 Å². The number of rotatable bonds is 20. The summed E-state index contributed by atoms with van der Waals surface area (Å²) in [5, 5.41) is 28.0. The number of carboxylic acid groups (broad SMARTS) is 2. The number of fused-ring (bicyclic) bond motifs is 1. The molecule has 20 heteroatoms. The van der Waals surface area contributed by atoms with E-state index in [-0.39, 0.29) is 55.7 Å². The quantitative estimate of drug-likeness (QED) is 0.0358. The lowest BCUT2D eigenvalue weighted by molar-refractivity contribution is -0.192. The zero-order valence-electron chi connectivity index (χ0n) is 38.1. The Bertz CT molecular complexity index is 2390. The summed E-state index contributed by atoms with van der Waals surface area (Å²) >= 11 is 0. The van der Waals surface area contributed by atoms with Crippen LogP contribution >= 0.6 is 0 Å². The molecule has 6 rings (SSSR count). The minimum Gasteiger partial charge on any atom is -0.481 e. The van der Waals surface area contributed by atoms with Crippen LogP contribution in [-0.2, 0) is 35.2 Å². The molecule has 2 aliphatic rings. The van der Waals surface area contributed by atoms with Crippen LogP contribution in [0.15, 0.2) is 126 Å². The average molecular weight is 971 g/mol. The summed E-state index contributed by atoms with van der Waals surface area (Å²) in [5.74, 6) is -7.24. The number of aliphatic imine (C=N–C) groups is 1. The highest BCUT2D eigenvalue weighted by Crippen LogP contribution is 2.39. The Labute approximate surface area is 402 Å². The highest BCUT2D eigenvalue weighted by atomic mass is 19.4. The van der Waals surface area contributed by atoms with Crippen molar-refractivity contribution in [3.8, 4) is 0 Å². The van der Waals surface area contributed by atoms with Crippen molar-refractivity contribution in [3.05, 3.63) is 144 Å². The number of carbonyl (C=O) groups is 7. The van der Waals surface area contributed by atoms with Crippen LogP contribution in [0.25, 0.3) is 0 Å². The largest absolute Gasteiger partial charge is 0.490 e. The van der Waals surface area contributed by atoms with Crippen LogP contribution in [0.2, 0.25) is 0 Å². The maximum Gasteiger partial charge on any atom is 0.490 e. The van der Waals surface area contributed by atoms with Gasteiger partial charge in [-0.1, -0.05) is 109 Å². The van der Waals surface area contributed by atoms with Gasteiger partial charge in [0.25, 0.3) is 5.91 Å². The Morgan fingerprint density at radius 3 is 1.84 bits per heavy atom. The van der Waals surface area contributed by atoms with Gasteiger partial charge in [0.2, 0.25) is 23.6 Å². The van der Waals surface area contributed by atoms with Crippen LogP contribution in [-0.4, -0.2) is 112 Å². The highest BCUT2D eigenvalue weighted by molar-refractivity contribution is 6.00. The molecule has 70 heavy (non-hydrogen) atoms. The Morgan fingerprint density at radius 1 is 0.743 bits per heavy atom. The van der Waals surface area contributed by atoms with Gasteiger partial charge in [-0.3, -0.25) is 33.8 Å². The summed E-state index contributed by atoms with van der Waals surface area (Å²) < 4.78 is 31.7. The zero-order valence-corrected chi connectivity index (χ0v) is 38.1. The van der Waals surface area contributed by atoms with Gasteiger partial charge in [0, 0.05) is 30.6 Å². The lowest BCUT2D eigenvalue weighted by Crippen LogP contribution is -2.61. The zero-order chi connectivity index (χ0) is 50.8.